The lowest BCUT2D eigenvalue weighted by Gasteiger charge is -2.29. The molecule has 1 unspecified atom stereocenters. The number of benzene rings is 1. The second kappa shape index (κ2) is 8.73. The van der Waals surface area contributed by atoms with Crippen molar-refractivity contribution in [1.82, 2.24) is 9.80 Å². The molecule has 1 atom stereocenters. The Hall–Kier alpha value is -2.09. The van der Waals surface area contributed by atoms with E-state index in [1.165, 1.54) is 18.4 Å². The first kappa shape index (κ1) is 21.6. The van der Waals surface area contributed by atoms with Crippen molar-refractivity contribution in [3.63, 3.8) is 0 Å². The van der Waals surface area contributed by atoms with Crippen molar-refractivity contribution in [2.24, 2.45) is 0 Å². The molecule has 29 heavy (non-hydrogen) atoms. The van der Waals surface area contributed by atoms with E-state index >= 15 is 0 Å². The van der Waals surface area contributed by atoms with E-state index in [-0.39, 0.29) is 11.9 Å². The zero-order chi connectivity index (χ0) is 21.2. The van der Waals surface area contributed by atoms with E-state index in [2.05, 4.69) is 0 Å². The largest absolute Gasteiger partial charge is 0.406 e. The number of rotatable bonds is 4. The van der Waals surface area contributed by atoms with Crippen LogP contribution in [-0.4, -0.2) is 54.0 Å². The van der Waals surface area contributed by atoms with E-state index in [1.54, 1.807) is 6.92 Å². The molecule has 0 saturated carbocycles. The summed E-state index contributed by atoms with van der Waals surface area (Å²) < 4.78 is 39.3. The zero-order valence-electron chi connectivity index (χ0n) is 16.6. The van der Waals surface area contributed by atoms with Crippen LogP contribution < -0.4 is 0 Å². The van der Waals surface area contributed by atoms with Gasteiger partial charge < -0.3 is 9.80 Å². The topological polar surface area (TPSA) is 40.6 Å². The number of likely N-dealkylation sites (tertiary alicyclic amines) is 1. The Balaban J connectivity index is 1.98. The fourth-order valence-corrected chi connectivity index (χ4v) is 5.26. The molecule has 1 saturated heterocycles. The van der Waals surface area contributed by atoms with Gasteiger partial charge in [0.1, 0.15) is 6.54 Å². The Morgan fingerprint density at radius 3 is 2.62 bits per heavy atom. The van der Waals surface area contributed by atoms with Crippen LogP contribution in [0.1, 0.15) is 47.8 Å². The summed E-state index contributed by atoms with van der Waals surface area (Å²) in [5.41, 5.74) is 0.753. The Morgan fingerprint density at radius 2 is 1.93 bits per heavy atom. The van der Waals surface area contributed by atoms with Gasteiger partial charge in [0, 0.05) is 31.3 Å². The number of carbonyl (C=O) groups is 2. The van der Waals surface area contributed by atoms with Crippen molar-refractivity contribution in [3.05, 3.63) is 34.7 Å². The minimum atomic E-state index is -4.45. The highest BCUT2D eigenvalue weighted by Gasteiger charge is 2.34. The summed E-state index contributed by atoms with van der Waals surface area (Å²) in [5, 5.41) is 0.883. The van der Waals surface area contributed by atoms with E-state index in [1.807, 2.05) is 29.2 Å². The highest BCUT2D eigenvalue weighted by atomic mass is 32.1. The number of carbonyl (C=O) groups excluding carboxylic acids is 2. The molecule has 1 aliphatic rings. The first-order chi connectivity index (χ1) is 13.7. The Labute approximate surface area is 172 Å². The molecule has 2 aromatic rings. The average molecular weight is 427 g/mol. The molecule has 1 aliphatic heterocycles. The molecule has 1 fully saturated rings. The van der Waals surface area contributed by atoms with Crippen LogP contribution >= 0.6 is 11.3 Å². The minimum Gasteiger partial charge on any atom is -0.340 e. The van der Waals surface area contributed by atoms with Crippen LogP contribution in [0.3, 0.4) is 0 Å². The first-order valence-electron chi connectivity index (χ1n) is 9.77. The van der Waals surface area contributed by atoms with E-state index in [0.29, 0.717) is 17.8 Å². The summed E-state index contributed by atoms with van der Waals surface area (Å²) in [5.74, 6) is -0.625. The highest BCUT2D eigenvalue weighted by Crippen LogP contribution is 2.35. The molecule has 158 valence electrons. The third kappa shape index (κ3) is 5.10. The number of fused-ring (bicyclic) bond motifs is 1. The quantitative estimate of drug-likeness (QED) is 0.700. The van der Waals surface area contributed by atoms with Crippen LogP contribution in [-0.2, 0) is 11.2 Å². The van der Waals surface area contributed by atoms with Gasteiger partial charge in [0.2, 0.25) is 5.91 Å². The molecule has 0 N–H and O–H groups in total. The smallest absolute Gasteiger partial charge is 0.340 e. The first-order valence-corrected chi connectivity index (χ1v) is 10.6. The second-order valence-electron chi connectivity index (χ2n) is 7.60. The lowest BCUT2D eigenvalue weighted by Crippen LogP contribution is -2.40. The summed E-state index contributed by atoms with van der Waals surface area (Å²) in [6.45, 7) is 0.940. The fourth-order valence-electron chi connectivity index (χ4n) is 4.03. The van der Waals surface area contributed by atoms with Gasteiger partial charge in [-0.3, -0.25) is 9.59 Å². The molecular formula is C21H25F3N2O2S. The molecular weight excluding hydrogens is 401 g/mol. The van der Waals surface area contributed by atoms with Crippen LogP contribution in [0, 0.1) is 0 Å². The van der Waals surface area contributed by atoms with Crippen LogP contribution in [0.25, 0.3) is 10.1 Å². The minimum absolute atomic E-state index is 0.00139. The molecule has 3 rings (SSSR count). The SMILES string of the molecule is CC(=O)N1CCCCCC1Cc1c(C(=O)N(C)CC(F)(F)F)sc2ccccc12. The van der Waals surface area contributed by atoms with Crippen molar-refractivity contribution in [3.8, 4) is 0 Å². The maximum Gasteiger partial charge on any atom is 0.406 e. The predicted octanol–water partition coefficient (Wildman–Crippen LogP) is 4.87. The van der Waals surface area contributed by atoms with Gasteiger partial charge in [0.15, 0.2) is 0 Å². The van der Waals surface area contributed by atoms with E-state index < -0.39 is 18.6 Å². The van der Waals surface area contributed by atoms with Crippen molar-refractivity contribution < 1.29 is 22.8 Å². The maximum atomic E-state index is 12.9. The monoisotopic (exact) mass is 426 g/mol. The Bertz CT molecular complexity index is 894. The Morgan fingerprint density at radius 1 is 1.21 bits per heavy atom. The Kier molecular flexibility index (Phi) is 6.51. The van der Waals surface area contributed by atoms with Gasteiger partial charge in [-0.25, -0.2) is 0 Å². The van der Waals surface area contributed by atoms with E-state index in [4.69, 9.17) is 0 Å². The standard InChI is InChI=1S/C21H25F3N2O2S/c1-14(27)26-11-7-3-4-8-15(26)12-17-16-9-5-6-10-18(16)29-19(17)20(28)25(2)13-21(22,23)24/h5-6,9-10,15H,3-4,7-8,11-13H2,1-2H3. The third-order valence-electron chi connectivity index (χ3n) is 5.38. The molecule has 1 aromatic heterocycles. The van der Waals surface area contributed by atoms with Crippen molar-refractivity contribution >= 4 is 33.2 Å². The lowest BCUT2D eigenvalue weighted by atomic mass is 9.97. The molecule has 2 heterocycles. The van der Waals surface area contributed by atoms with Crippen molar-refractivity contribution in [2.75, 3.05) is 20.1 Å². The lowest BCUT2D eigenvalue weighted by molar-refractivity contribution is -0.138. The van der Waals surface area contributed by atoms with Gasteiger partial charge in [-0.15, -0.1) is 11.3 Å². The fraction of sp³-hybridized carbons (Fsp3) is 0.524. The van der Waals surface area contributed by atoms with Crippen LogP contribution in [0.15, 0.2) is 24.3 Å². The second-order valence-corrected chi connectivity index (χ2v) is 8.65. The highest BCUT2D eigenvalue weighted by molar-refractivity contribution is 7.21. The number of halogens is 3. The predicted molar refractivity (Wildman–Crippen MR) is 108 cm³/mol. The summed E-state index contributed by atoms with van der Waals surface area (Å²) in [6, 6.07) is 7.44. The van der Waals surface area contributed by atoms with Crippen LogP contribution in [0.5, 0.6) is 0 Å². The summed E-state index contributed by atoms with van der Waals surface area (Å²) >= 11 is 1.23. The van der Waals surface area contributed by atoms with Crippen molar-refractivity contribution in [1.29, 1.82) is 0 Å². The van der Waals surface area contributed by atoms with E-state index in [9.17, 15) is 22.8 Å². The number of alkyl halides is 3. The molecule has 4 nitrogen and oxygen atoms in total. The third-order valence-corrected chi connectivity index (χ3v) is 6.58. The van der Waals surface area contributed by atoms with Crippen LogP contribution in [0.4, 0.5) is 13.2 Å². The van der Waals surface area contributed by atoms with Gasteiger partial charge in [0.25, 0.3) is 5.91 Å². The van der Waals surface area contributed by atoms with Crippen molar-refractivity contribution in [2.45, 2.75) is 51.2 Å². The summed E-state index contributed by atoms with van der Waals surface area (Å²) in [7, 11) is 1.18. The maximum absolute atomic E-state index is 12.9. The molecule has 0 bridgehead atoms. The van der Waals surface area contributed by atoms with Crippen LogP contribution in [0.2, 0.25) is 0 Å². The molecule has 1 aromatic carbocycles. The summed E-state index contributed by atoms with van der Waals surface area (Å²) in [4.78, 5) is 28.0. The van der Waals surface area contributed by atoms with Gasteiger partial charge >= 0.3 is 6.18 Å². The zero-order valence-corrected chi connectivity index (χ0v) is 17.4. The number of nitrogens with zero attached hydrogens (tertiary/aromatic N) is 2. The number of thiophene rings is 1. The molecule has 0 radical (unpaired) electrons. The van der Waals surface area contributed by atoms with Gasteiger partial charge in [-0.2, -0.15) is 13.2 Å². The molecule has 0 spiro atoms. The number of hydrogen-bond donors (Lipinski definition) is 0. The summed E-state index contributed by atoms with van der Waals surface area (Å²) in [6.07, 6.45) is -0.159. The van der Waals surface area contributed by atoms with Gasteiger partial charge in [-0.05, 0) is 36.3 Å². The average Bonchev–Trinajstić information content (AvgIpc) is 2.82. The molecule has 0 aliphatic carbocycles. The van der Waals surface area contributed by atoms with Gasteiger partial charge in [0.05, 0.1) is 4.88 Å². The molecule has 8 heteroatoms. The normalized spacial score (nSPS) is 18.0. The number of amides is 2. The number of hydrogen-bond acceptors (Lipinski definition) is 3. The van der Waals surface area contributed by atoms with Gasteiger partial charge in [-0.1, -0.05) is 31.0 Å². The molecule has 2 amide bonds. The van der Waals surface area contributed by atoms with E-state index in [0.717, 1.165) is 46.2 Å².